The maximum absolute atomic E-state index is 12.9. The molecule has 0 heterocycles. The van der Waals surface area contributed by atoms with Crippen LogP contribution in [-0.2, 0) is 25.6 Å². The highest BCUT2D eigenvalue weighted by Crippen LogP contribution is 2.12. The number of hydrogen-bond acceptors (Lipinski definition) is 8. The number of nitrogens with two attached hydrogens (primary N) is 1. The molecule has 35 heavy (non-hydrogen) atoms. The van der Waals surface area contributed by atoms with Gasteiger partial charge in [0.1, 0.15) is 23.9 Å². The van der Waals surface area contributed by atoms with Gasteiger partial charge in [0.05, 0.1) is 12.1 Å². The van der Waals surface area contributed by atoms with Crippen molar-refractivity contribution >= 4 is 35.5 Å². The van der Waals surface area contributed by atoms with E-state index in [1.54, 1.807) is 32.2 Å². The van der Waals surface area contributed by atoms with Crippen molar-refractivity contribution < 1.29 is 34.5 Å². The lowest BCUT2D eigenvalue weighted by molar-refractivity contribution is -0.143. The van der Waals surface area contributed by atoms with Gasteiger partial charge in [-0.05, 0) is 55.4 Å². The summed E-state index contributed by atoms with van der Waals surface area (Å²) in [5, 5.41) is 36.1. The number of aliphatic carboxylic acids is 1. The highest BCUT2D eigenvalue weighted by atomic mass is 32.2. The quantitative estimate of drug-likeness (QED) is 0.174. The van der Waals surface area contributed by atoms with Crippen LogP contribution in [0.5, 0.6) is 5.75 Å². The molecule has 196 valence electrons. The number of carboxylic acid groups (broad SMARTS) is 1. The van der Waals surface area contributed by atoms with E-state index >= 15 is 0 Å². The van der Waals surface area contributed by atoms with E-state index < -0.39 is 54.0 Å². The lowest BCUT2D eigenvalue weighted by Crippen LogP contribution is -2.61. The van der Waals surface area contributed by atoms with Crippen molar-refractivity contribution in [2.75, 3.05) is 12.0 Å². The molecule has 0 aliphatic rings. The van der Waals surface area contributed by atoms with Gasteiger partial charge in [0.25, 0.3) is 0 Å². The number of benzene rings is 1. The van der Waals surface area contributed by atoms with Crippen LogP contribution < -0.4 is 21.7 Å². The van der Waals surface area contributed by atoms with Gasteiger partial charge in [-0.15, -0.1) is 0 Å². The summed E-state index contributed by atoms with van der Waals surface area (Å²) in [5.74, 6) is -3.19. The number of rotatable bonds is 14. The normalized spacial score (nSPS) is 15.4. The van der Waals surface area contributed by atoms with Crippen molar-refractivity contribution in [3.8, 4) is 5.75 Å². The zero-order valence-corrected chi connectivity index (χ0v) is 21.2. The van der Waals surface area contributed by atoms with Gasteiger partial charge in [-0.2, -0.15) is 11.8 Å². The van der Waals surface area contributed by atoms with Gasteiger partial charge in [0, 0.05) is 0 Å². The summed E-state index contributed by atoms with van der Waals surface area (Å²) in [7, 11) is 0. The number of hydrogen-bond donors (Lipinski definition) is 7. The lowest BCUT2D eigenvalue weighted by Gasteiger charge is -2.28. The average Bonchev–Trinajstić information content (AvgIpc) is 2.78. The summed E-state index contributed by atoms with van der Waals surface area (Å²) in [6.45, 7) is 4.67. The predicted molar refractivity (Wildman–Crippen MR) is 133 cm³/mol. The predicted octanol–water partition coefficient (Wildman–Crippen LogP) is -0.409. The van der Waals surface area contributed by atoms with Crippen molar-refractivity contribution in [3.63, 3.8) is 0 Å². The van der Waals surface area contributed by atoms with Crippen molar-refractivity contribution in [2.45, 2.75) is 63.9 Å². The van der Waals surface area contributed by atoms with Crippen LogP contribution >= 0.6 is 11.8 Å². The van der Waals surface area contributed by atoms with Crippen molar-refractivity contribution in [2.24, 2.45) is 11.7 Å². The highest BCUT2D eigenvalue weighted by molar-refractivity contribution is 7.98. The minimum Gasteiger partial charge on any atom is -0.508 e. The number of aliphatic hydroxyl groups is 1. The van der Waals surface area contributed by atoms with E-state index in [1.165, 1.54) is 30.8 Å². The number of phenolic OH excluding ortho intramolecular Hbond substituents is 1. The van der Waals surface area contributed by atoms with Crippen LogP contribution in [0.15, 0.2) is 24.3 Å². The smallest absolute Gasteiger partial charge is 0.326 e. The average molecular weight is 513 g/mol. The third kappa shape index (κ3) is 10.1. The minimum atomic E-state index is -1.43. The van der Waals surface area contributed by atoms with Crippen LogP contribution in [0.1, 0.15) is 32.8 Å². The zero-order valence-electron chi connectivity index (χ0n) is 20.4. The summed E-state index contributed by atoms with van der Waals surface area (Å²) in [4.78, 5) is 49.7. The Hall–Kier alpha value is -2.83. The van der Waals surface area contributed by atoms with Gasteiger partial charge in [-0.1, -0.05) is 26.0 Å². The molecule has 11 nitrogen and oxygen atoms in total. The number of nitrogens with one attached hydrogen (secondary N) is 3. The fraction of sp³-hybridized carbons (Fsp3) is 0.565. The third-order valence-electron chi connectivity index (χ3n) is 5.26. The first kappa shape index (κ1) is 30.2. The standard InChI is InChI=1S/C23H36N4O7S/c1-12(2)18(26-20(30)16(24)11-14-5-7-15(29)8-6-14)21(31)27-19(13(3)28)22(32)25-17(23(33)34)9-10-35-4/h5-8,12-13,16-19,28-29H,9-11,24H2,1-4H3,(H,25,32)(H,26,30)(H,27,31)(H,33,34)/t13-,16+,17+,18+,19+/m1/s1. The molecule has 0 aromatic heterocycles. The number of phenols is 1. The molecule has 0 aliphatic heterocycles. The van der Waals surface area contributed by atoms with Crippen molar-refractivity contribution in [1.82, 2.24) is 16.0 Å². The summed E-state index contributed by atoms with van der Waals surface area (Å²) >= 11 is 1.42. The van der Waals surface area contributed by atoms with Gasteiger partial charge < -0.3 is 37.0 Å². The van der Waals surface area contributed by atoms with Gasteiger partial charge in [-0.25, -0.2) is 4.79 Å². The highest BCUT2D eigenvalue weighted by Gasteiger charge is 2.33. The van der Waals surface area contributed by atoms with Gasteiger partial charge in [0.2, 0.25) is 17.7 Å². The second kappa shape index (κ2) is 14.5. The summed E-state index contributed by atoms with van der Waals surface area (Å²) in [6.07, 6.45) is 0.821. The van der Waals surface area contributed by atoms with E-state index in [-0.39, 0.29) is 24.5 Å². The Morgan fingerprint density at radius 3 is 1.97 bits per heavy atom. The first-order valence-electron chi connectivity index (χ1n) is 11.2. The number of carbonyl (C=O) groups is 4. The third-order valence-corrected chi connectivity index (χ3v) is 5.91. The van der Waals surface area contributed by atoms with Crippen LogP contribution in [0, 0.1) is 5.92 Å². The molecule has 0 spiro atoms. The maximum atomic E-state index is 12.9. The van der Waals surface area contributed by atoms with Crippen LogP contribution in [0.2, 0.25) is 0 Å². The van der Waals surface area contributed by atoms with E-state index in [0.29, 0.717) is 5.75 Å². The van der Waals surface area contributed by atoms with E-state index in [2.05, 4.69) is 16.0 Å². The van der Waals surface area contributed by atoms with Crippen LogP contribution in [0.25, 0.3) is 0 Å². The number of aromatic hydroxyl groups is 1. The number of carbonyl (C=O) groups excluding carboxylic acids is 3. The minimum absolute atomic E-state index is 0.0824. The molecular formula is C23H36N4O7S. The molecule has 8 N–H and O–H groups in total. The molecule has 0 saturated heterocycles. The van der Waals surface area contributed by atoms with Crippen LogP contribution in [0.3, 0.4) is 0 Å². The number of aliphatic hydroxyl groups excluding tert-OH is 1. The van der Waals surface area contributed by atoms with Gasteiger partial charge in [-0.3, -0.25) is 14.4 Å². The molecule has 0 saturated carbocycles. The lowest BCUT2D eigenvalue weighted by atomic mass is 10.0. The van der Waals surface area contributed by atoms with Gasteiger partial charge in [0.15, 0.2) is 0 Å². The zero-order chi connectivity index (χ0) is 26.7. The molecule has 0 radical (unpaired) electrons. The number of thioether (sulfide) groups is 1. The Bertz CT molecular complexity index is 864. The Labute approximate surface area is 209 Å². The fourth-order valence-corrected chi connectivity index (χ4v) is 3.65. The summed E-state index contributed by atoms with van der Waals surface area (Å²) < 4.78 is 0. The molecule has 3 amide bonds. The molecule has 0 unspecified atom stereocenters. The summed E-state index contributed by atoms with van der Waals surface area (Å²) in [6, 6.07) is 1.57. The van der Waals surface area contributed by atoms with E-state index in [1.807, 2.05) is 0 Å². The second-order valence-electron chi connectivity index (χ2n) is 8.62. The van der Waals surface area contributed by atoms with Crippen LogP contribution in [0.4, 0.5) is 0 Å². The molecule has 1 rings (SSSR count). The molecule has 0 fully saturated rings. The summed E-state index contributed by atoms with van der Waals surface area (Å²) in [5.41, 5.74) is 6.71. The number of amides is 3. The monoisotopic (exact) mass is 512 g/mol. The molecule has 1 aromatic carbocycles. The topological polar surface area (TPSA) is 191 Å². The van der Waals surface area contributed by atoms with Crippen LogP contribution in [-0.4, -0.2) is 81.3 Å². The maximum Gasteiger partial charge on any atom is 0.326 e. The first-order valence-corrected chi connectivity index (χ1v) is 12.6. The van der Waals surface area contributed by atoms with E-state index in [9.17, 15) is 34.5 Å². The Morgan fingerprint density at radius 2 is 1.49 bits per heavy atom. The van der Waals surface area contributed by atoms with E-state index in [4.69, 9.17) is 5.73 Å². The second-order valence-corrected chi connectivity index (χ2v) is 9.60. The fourth-order valence-electron chi connectivity index (χ4n) is 3.18. The van der Waals surface area contributed by atoms with Crippen molar-refractivity contribution in [3.05, 3.63) is 29.8 Å². The Kier molecular flexibility index (Phi) is 12.5. The molecule has 1 aromatic rings. The Morgan fingerprint density at radius 1 is 0.943 bits per heavy atom. The van der Waals surface area contributed by atoms with Crippen molar-refractivity contribution in [1.29, 1.82) is 0 Å². The van der Waals surface area contributed by atoms with Gasteiger partial charge >= 0.3 is 5.97 Å². The largest absolute Gasteiger partial charge is 0.508 e. The SMILES string of the molecule is CSCC[C@H](NC(=O)[C@@H](NC(=O)[C@@H](NC(=O)[C@@H](N)Cc1ccc(O)cc1)C(C)C)[C@@H](C)O)C(=O)O. The Balaban J connectivity index is 2.86. The molecule has 0 aliphatic carbocycles. The van der Waals surface area contributed by atoms with E-state index in [0.717, 1.165) is 5.56 Å². The number of carboxylic acids is 1. The molecular weight excluding hydrogens is 476 g/mol. The molecule has 12 heteroatoms. The molecule has 0 bridgehead atoms. The molecule has 5 atom stereocenters. The first-order chi connectivity index (χ1) is 16.4.